The predicted octanol–water partition coefficient (Wildman–Crippen LogP) is 4.50. The van der Waals surface area contributed by atoms with E-state index in [4.69, 9.17) is 15.2 Å². The molecule has 0 aliphatic carbocycles. The van der Waals surface area contributed by atoms with Crippen LogP contribution in [0.25, 0.3) is 0 Å². The van der Waals surface area contributed by atoms with E-state index in [1.165, 1.54) is 56.3 Å². The third-order valence-corrected chi connectivity index (χ3v) is 6.04. The van der Waals surface area contributed by atoms with Crippen molar-refractivity contribution >= 4 is 17.8 Å². The number of amides is 1. The molecule has 1 unspecified atom stereocenters. The molecule has 35 heavy (non-hydrogen) atoms. The Morgan fingerprint density at radius 3 is 1.43 bits per heavy atom. The largest absolute Gasteiger partial charge is 0.464 e. The Morgan fingerprint density at radius 2 is 1.06 bits per heavy atom. The minimum absolute atomic E-state index is 0.0468. The summed E-state index contributed by atoms with van der Waals surface area (Å²) >= 11 is 0. The Bertz CT molecular complexity index is 508. The summed E-state index contributed by atoms with van der Waals surface area (Å²) in [6.07, 6.45) is 16.5. The van der Waals surface area contributed by atoms with E-state index in [0.29, 0.717) is 12.8 Å². The standard InChI is InChI=1S/C27H52N2O6/c1-3-5-7-9-11-13-15-17-25(31)34-21-19-29(27(33)24(28)23-30)20-22-35-26(32)18-16-14-12-10-8-6-4-2/h24,30H,3-23,28H2,1-2H3. The van der Waals surface area contributed by atoms with Crippen molar-refractivity contribution in [2.24, 2.45) is 5.73 Å². The number of rotatable bonds is 24. The Kier molecular flexibility index (Phi) is 22.9. The molecule has 0 aromatic heterocycles. The monoisotopic (exact) mass is 500 g/mol. The fourth-order valence-corrected chi connectivity index (χ4v) is 3.78. The Morgan fingerprint density at radius 1 is 0.686 bits per heavy atom. The SMILES string of the molecule is CCCCCCCCCC(=O)OCCN(CCOC(=O)CCCCCCCCC)C(=O)C(N)CO. The molecular formula is C27H52N2O6. The minimum Gasteiger partial charge on any atom is -0.464 e. The average molecular weight is 501 g/mol. The van der Waals surface area contributed by atoms with Gasteiger partial charge in [0.05, 0.1) is 19.7 Å². The Balaban J connectivity index is 4.14. The summed E-state index contributed by atoms with van der Waals surface area (Å²) in [7, 11) is 0. The number of nitrogens with two attached hydrogens (primary N) is 1. The Hall–Kier alpha value is -1.67. The smallest absolute Gasteiger partial charge is 0.305 e. The molecule has 8 heteroatoms. The normalized spacial score (nSPS) is 11.8. The number of carbonyl (C=O) groups excluding carboxylic acids is 3. The lowest BCUT2D eigenvalue weighted by molar-refractivity contribution is -0.148. The van der Waals surface area contributed by atoms with E-state index in [1.807, 2.05) is 0 Å². The van der Waals surface area contributed by atoms with Gasteiger partial charge in [-0.25, -0.2) is 0 Å². The first kappa shape index (κ1) is 33.3. The van der Waals surface area contributed by atoms with Crippen LogP contribution in [0.2, 0.25) is 0 Å². The molecule has 0 saturated heterocycles. The molecule has 1 atom stereocenters. The van der Waals surface area contributed by atoms with Gasteiger partial charge in [-0.3, -0.25) is 14.4 Å². The molecular weight excluding hydrogens is 448 g/mol. The van der Waals surface area contributed by atoms with Gasteiger partial charge < -0.3 is 25.2 Å². The molecule has 0 rings (SSSR count). The van der Waals surface area contributed by atoms with Gasteiger partial charge in [0.2, 0.25) is 5.91 Å². The van der Waals surface area contributed by atoms with Gasteiger partial charge in [0.25, 0.3) is 0 Å². The van der Waals surface area contributed by atoms with Crippen molar-refractivity contribution in [1.82, 2.24) is 4.90 Å². The maximum absolute atomic E-state index is 12.4. The number of esters is 2. The lowest BCUT2D eigenvalue weighted by Crippen LogP contribution is -2.48. The van der Waals surface area contributed by atoms with E-state index >= 15 is 0 Å². The number of ether oxygens (including phenoxy) is 2. The highest BCUT2D eigenvalue weighted by Crippen LogP contribution is 2.10. The number of aliphatic hydroxyl groups excluding tert-OH is 1. The van der Waals surface area contributed by atoms with Crippen molar-refractivity contribution in [3.63, 3.8) is 0 Å². The van der Waals surface area contributed by atoms with E-state index in [2.05, 4.69) is 13.8 Å². The Labute approximate surface area is 213 Å². The van der Waals surface area contributed by atoms with Crippen LogP contribution in [-0.4, -0.2) is 66.8 Å². The van der Waals surface area contributed by atoms with Crippen LogP contribution in [0.3, 0.4) is 0 Å². The summed E-state index contributed by atoms with van der Waals surface area (Å²) in [5.74, 6) is -1.02. The number of nitrogens with zero attached hydrogens (tertiary/aromatic N) is 1. The highest BCUT2D eigenvalue weighted by Gasteiger charge is 2.21. The molecule has 0 aromatic carbocycles. The van der Waals surface area contributed by atoms with Gasteiger partial charge >= 0.3 is 11.9 Å². The molecule has 0 aliphatic rings. The maximum Gasteiger partial charge on any atom is 0.305 e. The van der Waals surface area contributed by atoms with Crippen LogP contribution in [0.1, 0.15) is 117 Å². The van der Waals surface area contributed by atoms with Crippen LogP contribution in [0.4, 0.5) is 0 Å². The zero-order valence-corrected chi connectivity index (χ0v) is 22.4. The van der Waals surface area contributed by atoms with Crippen LogP contribution in [0.15, 0.2) is 0 Å². The lowest BCUT2D eigenvalue weighted by atomic mass is 10.1. The van der Waals surface area contributed by atoms with Crippen molar-refractivity contribution in [3.05, 3.63) is 0 Å². The summed E-state index contributed by atoms with van der Waals surface area (Å²) in [5, 5.41) is 9.22. The summed E-state index contributed by atoms with van der Waals surface area (Å²) in [4.78, 5) is 37.7. The van der Waals surface area contributed by atoms with Crippen LogP contribution >= 0.6 is 0 Å². The minimum atomic E-state index is -1.05. The number of hydrogen-bond donors (Lipinski definition) is 2. The topological polar surface area (TPSA) is 119 Å². The second kappa shape index (κ2) is 24.0. The predicted molar refractivity (Wildman–Crippen MR) is 139 cm³/mol. The summed E-state index contributed by atoms with van der Waals surface area (Å²) < 4.78 is 10.5. The first-order chi connectivity index (χ1) is 17.0. The molecule has 0 aliphatic heterocycles. The van der Waals surface area contributed by atoms with Crippen LogP contribution in [0.5, 0.6) is 0 Å². The first-order valence-electron chi connectivity index (χ1n) is 13.9. The van der Waals surface area contributed by atoms with Crippen molar-refractivity contribution in [1.29, 1.82) is 0 Å². The zero-order valence-electron chi connectivity index (χ0n) is 22.4. The molecule has 0 fully saturated rings. The summed E-state index contributed by atoms with van der Waals surface area (Å²) in [6.45, 7) is 4.27. The van der Waals surface area contributed by atoms with E-state index < -0.39 is 18.6 Å². The van der Waals surface area contributed by atoms with Crippen molar-refractivity contribution in [3.8, 4) is 0 Å². The molecule has 0 bridgehead atoms. The quantitative estimate of drug-likeness (QED) is 0.148. The third-order valence-electron chi connectivity index (χ3n) is 6.04. The fraction of sp³-hybridized carbons (Fsp3) is 0.889. The van der Waals surface area contributed by atoms with Crippen molar-refractivity contribution in [2.75, 3.05) is 32.9 Å². The molecule has 0 aromatic rings. The van der Waals surface area contributed by atoms with E-state index in [9.17, 15) is 19.5 Å². The third kappa shape index (κ3) is 20.2. The first-order valence-corrected chi connectivity index (χ1v) is 13.9. The van der Waals surface area contributed by atoms with E-state index in [1.54, 1.807) is 0 Å². The number of carbonyl (C=O) groups is 3. The van der Waals surface area contributed by atoms with Gasteiger partial charge in [-0.05, 0) is 12.8 Å². The van der Waals surface area contributed by atoms with Gasteiger partial charge in [-0.2, -0.15) is 0 Å². The molecule has 3 N–H and O–H groups in total. The van der Waals surface area contributed by atoms with E-state index in [0.717, 1.165) is 38.5 Å². The number of aliphatic hydroxyl groups is 1. The second-order valence-corrected chi connectivity index (χ2v) is 9.30. The average Bonchev–Trinajstić information content (AvgIpc) is 2.85. The van der Waals surface area contributed by atoms with Gasteiger partial charge in [0.1, 0.15) is 19.3 Å². The summed E-state index contributed by atoms with van der Waals surface area (Å²) in [5.41, 5.74) is 5.67. The van der Waals surface area contributed by atoms with Crippen LogP contribution in [0, 0.1) is 0 Å². The molecule has 0 radical (unpaired) electrons. The molecule has 0 heterocycles. The molecule has 0 spiro atoms. The number of hydrogen-bond acceptors (Lipinski definition) is 7. The van der Waals surface area contributed by atoms with Crippen LogP contribution < -0.4 is 5.73 Å². The molecule has 0 saturated carbocycles. The van der Waals surface area contributed by atoms with E-state index in [-0.39, 0.29) is 38.2 Å². The molecule has 206 valence electrons. The van der Waals surface area contributed by atoms with Gasteiger partial charge in [0, 0.05) is 12.8 Å². The molecule has 8 nitrogen and oxygen atoms in total. The van der Waals surface area contributed by atoms with Crippen molar-refractivity contribution in [2.45, 2.75) is 123 Å². The highest BCUT2D eigenvalue weighted by molar-refractivity contribution is 5.81. The number of unbranched alkanes of at least 4 members (excludes halogenated alkanes) is 12. The maximum atomic E-state index is 12.4. The van der Waals surface area contributed by atoms with Gasteiger partial charge in [-0.15, -0.1) is 0 Å². The van der Waals surface area contributed by atoms with Crippen LogP contribution in [-0.2, 0) is 23.9 Å². The fourth-order valence-electron chi connectivity index (χ4n) is 3.78. The summed E-state index contributed by atoms with van der Waals surface area (Å²) in [6, 6.07) is -1.05. The second-order valence-electron chi connectivity index (χ2n) is 9.30. The van der Waals surface area contributed by atoms with Gasteiger partial charge in [-0.1, -0.05) is 90.9 Å². The van der Waals surface area contributed by atoms with Crippen molar-refractivity contribution < 1.29 is 29.0 Å². The lowest BCUT2D eigenvalue weighted by Gasteiger charge is -2.24. The highest BCUT2D eigenvalue weighted by atomic mass is 16.5. The van der Waals surface area contributed by atoms with Gasteiger partial charge in [0.15, 0.2) is 0 Å². The zero-order chi connectivity index (χ0) is 26.2. The molecule has 1 amide bonds.